The molecule has 4 aromatic rings. The van der Waals surface area contributed by atoms with Crippen molar-refractivity contribution in [3.05, 3.63) is 55.4 Å². The zero-order valence-electron chi connectivity index (χ0n) is 18.8. The lowest BCUT2D eigenvalue weighted by atomic mass is 9.95. The third-order valence-corrected chi connectivity index (χ3v) is 8.17. The van der Waals surface area contributed by atoms with Crippen LogP contribution in [0.15, 0.2) is 38.6 Å². The molecule has 5 rings (SSSR count). The molecule has 33 heavy (non-hydrogen) atoms. The Hall–Kier alpha value is -2.66. The first-order chi connectivity index (χ1) is 16.0. The van der Waals surface area contributed by atoms with Crippen molar-refractivity contribution in [2.75, 3.05) is 5.75 Å². The molecule has 1 fully saturated rings. The molecule has 4 heterocycles. The number of thiophene rings is 1. The summed E-state index contributed by atoms with van der Waals surface area (Å²) in [6, 6.07) is 4.67. The molecule has 9 nitrogen and oxygen atoms in total. The molecule has 11 heteroatoms. The van der Waals surface area contributed by atoms with E-state index in [2.05, 4.69) is 37.3 Å². The molecule has 0 amide bonds. The van der Waals surface area contributed by atoms with E-state index in [0.717, 1.165) is 27.7 Å². The van der Waals surface area contributed by atoms with Gasteiger partial charge in [-0.15, -0.1) is 21.5 Å². The second-order valence-corrected chi connectivity index (χ2v) is 10.6. The van der Waals surface area contributed by atoms with Crippen LogP contribution < -0.4 is 11.2 Å². The van der Waals surface area contributed by atoms with E-state index in [0.29, 0.717) is 23.8 Å². The van der Waals surface area contributed by atoms with Gasteiger partial charge in [0, 0.05) is 43.7 Å². The molecule has 0 N–H and O–H groups in total. The van der Waals surface area contributed by atoms with Gasteiger partial charge in [0.2, 0.25) is 0 Å². The maximum atomic E-state index is 12.7. The zero-order chi connectivity index (χ0) is 22.9. The van der Waals surface area contributed by atoms with Crippen LogP contribution in [0.2, 0.25) is 0 Å². The van der Waals surface area contributed by atoms with Gasteiger partial charge in [-0.3, -0.25) is 13.9 Å². The molecule has 1 aliphatic rings. The second kappa shape index (κ2) is 9.30. The Morgan fingerprint density at radius 1 is 1.12 bits per heavy atom. The van der Waals surface area contributed by atoms with Crippen molar-refractivity contribution in [2.45, 2.75) is 56.3 Å². The number of fused-ring (bicyclic) bond motifs is 1. The maximum absolute atomic E-state index is 12.7. The number of hydrogen-bond acceptors (Lipinski definition) is 7. The molecule has 0 spiro atoms. The highest BCUT2D eigenvalue weighted by molar-refractivity contribution is 7.99. The summed E-state index contributed by atoms with van der Waals surface area (Å²) in [4.78, 5) is 30.5. The average Bonchev–Trinajstić information content (AvgIpc) is 3.58. The van der Waals surface area contributed by atoms with Gasteiger partial charge in [0.1, 0.15) is 5.82 Å². The second-order valence-electron chi connectivity index (χ2n) is 8.48. The fourth-order valence-corrected chi connectivity index (χ4v) is 6.27. The van der Waals surface area contributed by atoms with E-state index < -0.39 is 0 Å². The van der Waals surface area contributed by atoms with E-state index in [1.54, 1.807) is 36.5 Å². The van der Waals surface area contributed by atoms with E-state index >= 15 is 0 Å². The lowest BCUT2D eigenvalue weighted by molar-refractivity contribution is 0.330. The van der Waals surface area contributed by atoms with Crippen molar-refractivity contribution in [3.63, 3.8) is 0 Å². The number of hydrogen-bond donors (Lipinski definition) is 0. The lowest BCUT2D eigenvalue weighted by Crippen LogP contribution is -2.37. The first-order valence-corrected chi connectivity index (χ1v) is 13.1. The summed E-state index contributed by atoms with van der Waals surface area (Å²) in [6.07, 6.45) is 8.56. The number of thioether (sulfide) groups is 1. The van der Waals surface area contributed by atoms with E-state index in [1.807, 2.05) is 4.57 Å². The molecule has 0 bridgehead atoms. The summed E-state index contributed by atoms with van der Waals surface area (Å²) in [5.41, 5.74) is 0.175. The van der Waals surface area contributed by atoms with Crippen molar-refractivity contribution in [1.82, 2.24) is 33.4 Å². The normalized spacial score (nSPS) is 15.0. The summed E-state index contributed by atoms with van der Waals surface area (Å²) in [5, 5.41) is 12.2. The summed E-state index contributed by atoms with van der Waals surface area (Å²) in [5.74, 6) is 1.75. The highest BCUT2D eigenvalue weighted by Crippen LogP contribution is 2.33. The van der Waals surface area contributed by atoms with Gasteiger partial charge in [-0.05, 0) is 24.3 Å². The maximum Gasteiger partial charge on any atom is 0.332 e. The third-order valence-electron chi connectivity index (χ3n) is 6.37. The number of aromatic nitrogens is 7. The van der Waals surface area contributed by atoms with Crippen LogP contribution in [0.3, 0.4) is 0 Å². The molecule has 4 aromatic heterocycles. The third kappa shape index (κ3) is 4.19. The highest BCUT2D eigenvalue weighted by atomic mass is 32.2. The Kier molecular flexibility index (Phi) is 6.24. The standard InChI is InChI=1S/C22H27N7O2S2/c1-26-19-18(20(30)27(2)22(26)31)28(14-23-19)10-12-33-21-25-24-17(13-16-9-6-11-32-16)29(21)15-7-4-3-5-8-15/h6,9,11,14-15H,3-5,7-8,10,12-13H2,1-2H3. The number of aryl methyl sites for hydroxylation is 2. The van der Waals surface area contributed by atoms with Crippen LogP contribution >= 0.6 is 23.1 Å². The quantitative estimate of drug-likeness (QED) is 0.374. The van der Waals surface area contributed by atoms with Gasteiger partial charge < -0.3 is 9.13 Å². The van der Waals surface area contributed by atoms with Crippen molar-refractivity contribution in [2.24, 2.45) is 14.1 Å². The van der Waals surface area contributed by atoms with Crippen LogP contribution in [0.4, 0.5) is 0 Å². The van der Waals surface area contributed by atoms with Gasteiger partial charge in [-0.1, -0.05) is 37.1 Å². The van der Waals surface area contributed by atoms with E-state index in [4.69, 9.17) is 0 Å². The van der Waals surface area contributed by atoms with Crippen LogP contribution in [0, 0.1) is 0 Å². The largest absolute Gasteiger partial charge is 0.332 e. The first-order valence-electron chi connectivity index (χ1n) is 11.2. The Morgan fingerprint density at radius 3 is 2.70 bits per heavy atom. The number of rotatable bonds is 7. The van der Waals surface area contributed by atoms with Gasteiger partial charge in [-0.25, -0.2) is 9.78 Å². The minimum absolute atomic E-state index is 0.320. The molecular formula is C22H27N7O2S2. The molecule has 0 unspecified atom stereocenters. The van der Waals surface area contributed by atoms with Crippen LogP contribution in [-0.2, 0) is 27.1 Å². The van der Waals surface area contributed by atoms with Crippen molar-refractivity contribution < 1.29 is 0 Å². The van der Waals surface area contributed by atoms with Gasteiger partial charge in [-0.2, -0.15) is 0 Å². The van der Waals surface area contributed by atoms with Crippen molar-refractivity contribution >= 4 is 34.3 Å². The Morgan fingerprint density at radius 2 is 1.94 bits per heavy atom. The van der Waals surface area contributed by atoms with Gasteiger partial charge >= 0.3 is 5.69 Å². The predicted molar refractivity (Wildman–Crippen MR) is 130 cm³/mol. The Balaban J connectivity index is 1.38. The average molecular weight is 486 g/mol. The lowest BCUT2D eigenvalue weighted by Gasteiger charge is -2.25. The van der Waals surface area contributed by atoms with Crippen LogP contribution in [0.25, 0.3) is 11.2 Å². The zero-order valence-corrected chi connectivity index (χ0v) is 20.4. The van der Waals surface area contributed by atoms with Gasteiger partial charge in [0.05, 0.1) is 6.33 Å². The molecule has 0 aliphatic heterocycles. The van der Waals surface area contributed by atoms with Crippen LogP contribution in [0.5, 0.6) is 0 Å². The van der Waals surface area contributed by atoms with Crippen LogP contribution in [0.1, 0.15) is 48.8 Å². The topological polar surface area (TPSA) is 92.5 Å². The molecule has 0 radical (unpaired) electrons. The van der Waals surface area contributed by atoms with E-state index in [-0.39, 0.29) is 11.2 Å². The Labute approximate surface area is 199 Å². The fraction of sp³-hybridized carbons (Fsp3) is 0.500. The molecule has 0 saturated heterocycles. The van der Waals surface area contributed by atoms with Crippen LogP contribution in [-0.4, -0.2) is 39.2 Å². The van der Waals surface area contributed by atoms with E-state index in [1.165, 1.54) is 48.6 Å². The number of nitrogens with zero attached hydrogens (tertiary/aromatic N) is 7. The predicted octanol–water partition coefficient (Wildman–Crippen LogP) is 2.98. The number of imidazole rings is 1. The minimum Gasteiger partial charge on any atom is -0.324 e. The Bertz CT molecular complexity index is 1370. The van der Waals surface area contributed by atoms with E-state index in [9.17, 15) is 9.59 Å². The SMILES string of the molecule is Cn1c(=O)c2c(ncn2CCSc2nnc(Cc3cccs3)n2C2CCCCC2)n(C)c1=O. The smallest absolute Gasteiger partial charge is 0.324 e. The summed E-state index contributed by atoms with van der Waals surface area (Å²) >= 11 is 3.42. The summed E-state index contributed by atoms with van der Waals surface area (Å²) in [7, 11) is 3.13. The fourth-order valence-electron chi connectivity index (χ4n) is 4.60. The monoisotopic (exact) mass is 485 g/mol. The van der Waals surface area contributed by atoms with Crippen molar-refractivity contribution in [1.29, 1.82) is 0 Å². The first kappa shape index (κ1) is 22.1. The molecular weight excluding hydrogens is 458 g/mol. The molecule has 1 aliphatic carbocycles. The summed E-state index contributed by atoms with van der Waals surface area (Å²) < 4.78 is 6.73. The summed E-state index contributed by atoms with van der Waals surface area (Å²) in [6.45, 7) is 0.590. The highest BCUT2D eigenvalue weighted by Gasteiger charge is 2.23. The van der Waals surface area contributed by atoms with Crippen molar-refractivity contribution in [3.8, 4) is 0 Å². The minimum atomic E-state index is -0.369. The molecule has 1 saturated carbocycles. The van der Waals surface area contributed by atoms with Gasteiger partial charge in [0.25, 0.3) is 5.56 Å². The molecule has 0 atom stereocenters. The van der Waals surface area contributed by atoms with Gasteiger partial charge in [0.15, 0.2) is 16.3 Å². The molecule has 0 aromatic carbocycles. The molecule has 174 valence electrons.